The number of carbonyl (C=O) groups is 1. The summed E-state index contributed by atoms with van der Waals surface area (Å²) < 4.78 is 9.52. The van der Waals surface area contributed by atoms with Crippen molar-refractivity contribution in [2.75, 3.05) is 0 Å². The lowest BCUT2D eigenvalue weighted by atomic mass is 10.3. The van der Waals surface area contributed by atoms with Gasteiger partial charge in [0.05, 0.1) is 11.1 Å². The van der Waals surface area contributed by atoms with Gasteiger partial charge in [0.1, 0.15) is 0 Å². The number of hydrogen-bond acceptors (Lipinski definition) is 4. The first kappa shape index (κ1) is 6.90. The van der Waals surface area contributed by atoms with Crippen molar-refractivity contribution >= 4 is 17.1 Å². The molecule has 0 aromatic carbocycles. The van der Waals surface area contributed by atoms with Crippen molar-refractivity contribution in [1.82, 2.24) is 5.16 Å². The molecule has 2 rings (SSSR count). The molecule has 0 amide bonds. The second-order valence-corrected chi connectivity index (χ2v) is 2.38. The molecule has 1 N–H and O–H groups in total. The van der Waals surface area contributed by atoms with Crippen LogP contribution in [-0.4, -0.2) is 16.2 Å². The van der Waals surface area contributed by atoms with Gasteiger partial charge in [0.25, 0.3) is 0 Å². The van der Waals surface area contributed by atoms with Crippen LogP contribution in [0.25, 0.3) is 11.2 Å². The van der Waals surface area contributed by atoms with Crippen LogP contribution in [0.4, 0.5) is 0 Å². The summed E-state index contributed by atoms with van der Waals surface area (Å²) in [6.45, 7) is 1.72. The zero-order valence-electron chi connectivity index (χ0n) is 6.20. The SMILES string of the molecule is Cc1noc2oc(C(=O)O)cc12. The number of aromatic nitrogens is 1. The molecule has 12 heavy (non-hydrogen) atoms. The molecule has 0 radical (unpaired) electrons. The highest BCUT2D eigenvalue weighted by atomic mass is 16.5. The second-order valence-electron chi connectivity index (χ2n) is 2.38. The monoisotopic (exact) mass is 167 g/mol. The summed E-state index contributed by atoms with van der Waals surface area (Å²) in [6.07, 6.45) is 0. The van der Waals surface area contributed by atoms with Gasteiger partial charge >= 0.3 is 11.7 Å². The molecule has 0 aliphatic heterocycles. The maximum absolute atomic E-state index is 10.4. The second kappa shape index (κ2) is 2.10. The fraction of sp³-hybridized carbons (Fsp3) is 0.143. The molecule has 62 valence electrons. The summed E-state index contributed by atoms with van der Waals surface area (Å²) in [7, 11) is 0. The van der Waals surface area contributed by atoms with E-state index >= 15 is 0 Å². The Kier molecular flexibility index (Phi) is 1.21. The Morgan fingerprint density at radius 3 is 3.00 bits per heavy atom. The minimum absolute atomic E-state index is 0.130. The molecule has 0 aliphatic carbocycles. The average molecular weight is 167 g/mol. The van der Waals surface area contributed by atoms with E-state index in [9.17, 15) is 4.79 Å². The molecule has 0 unspecified atom stereocenters. The fourth-order valence-corrected chi connectivity index (χ4v) is 0.959. The van der Waals surface area contributed by atoms with E-state index in [1.54, 1.807) is 6.92 Å². The molecule has 2 aromatic heterocycles. The lowest BCUT2D eigenvalue weighted by Gasteiger charge is -1.80. The Labute approximate surface area is 66.6 Å². The van der Waals surface area contributed by atoms with Crippen LogP contribution in [0.3, 0.4) is 0 Å². The molecular weight excluding hydrogens is 162 g/mol. The minimum Gasteiger partial charge on any atom is -0.475 e. The lowest BCUT2D eigenvalue weighted by Crippen LogP contribution is -1.91. The highest BCUT2D eigenvalue weighted by molar-refractivity contribution is 5.90. The van der Waals surface area contributed by atoms with E-state index in [4.69, 9.17) is 14.0 Å². The van der Waals surface area contributed by atoms with E-state index in [1.165, 1.54) is 6.07 Å². The smallest absolute Gasteiger partial charge is 0.371 e. The number of carboxylic acids is 1. The fourth-order valence-electron chi connectivity index (χ4n) is 0.959. The first-order valence-corrected chi connectivity index (χ1v) is 3.27. The highest BCUT2D eigenvalue weighted by Gasteiger charge is 2.15. The molecule has 2 heterocycles. The molecule has 0 saturated carbocycles. The van der Waals surface area contributed by atoms with Crippen LogP contribution in [0.1, 0.15) is 16.2 Å². The van der Waals surface area contributed by atoms with Crippen molar-refractivity contribution in [1.29, 1.82) is 0 Å². The van der Waals surface area contributed by atoms with E-state index in [1.807, 2.05) is 0 Å². The van der Waals surface area contributed by atoms with Crippen LogP contribution >= 0.6 is 0 Å². The van der Waals surface area contributed by atoms with E-state index in [0.29, 0.717) is 11.1 Å². The Morgan fingerprint density at radius 2 is 2.42 bits per heavy atom. The van der Waals surface area contributed by atoms with Gasteiger partial charge in [-0.05, 0) is 6.92 Å². The summed E-state index contributed by atoms with van der Waals surface area (Å²) in [4.78, 5) is 10.4. The van der Waals surface area contributed by atoms with Gasteiger partial charge in [-0.15, -0.1) is 0 Å². The van der Waals surface area contributed by atoms with Gasteiger partial charge in [0.15, 0.2) is 0 Å². The van der Waals surface area contributed by atoms with Gasteiger partial charge in [0.2, 0.25) is 5.76 Å². The van der Waals surface area contributed by atoms with Crippen molar-refractivity contribution in [3.05, 3.63) is 17.5 Å². The van der Waals surface area contributed by atoms with Gasteiger partial charge in [-0.2, -0.15) is 0 Å². The van der Waals surface area contributed by atoms with Crippen LogP contribution < -0.4 is 0 Å². The van der Waals surface area contributed by atoms with Gasteiger partial charge in [-0.3, -0.25) is 0 Å². The number of aromatic carboxylic acids is 1. The molecule has 5 heteroatoms. The minimum atomic E-state index is -1.11. The molecule has 2 aromatic rings. The summed E-state index contributed by atoms with van der Waals surface area (Å²) in [5.41, 5.74) is 0.626. The molecule has 5 nitrogen and oxygen atoms in total. The normalized spacial score (nSPS) is 10.8. The Hall–Kier alpha value is -1.78. The molecule has 0 fully saturated rings. The number of carboxylic acid groups (broad SMARTS) is 1. The van der Waals surface area contributed by atoms with Crippen LogP contribution in [0.15, 0.2) is 15.0 Å². The van der Waals surface area contributed by atoms with Crippen LogP contribution in [-0.2, 0) is 0 Å². The van der Waals surface area contributed by atoms with Gasteiger partial charge in [-0.1, -0.05) is 5.16 Å². The molecule has 0 bridgehead atoms. The molecule has 0 spiro atoms. The zero-order chi connectivity index (χ0) is 8.72. The first-order chi connectivity index (χ1) is 5.68. The standard InChI is InChI=1S/C7H5NO4/c1-3-4-2-5(6(9)10)11-7(4)12-8-3/h2H,1H3,(H,9,10). The third-order valence-electron chi connectivity index (χ3n) is 1.56. The average Bonchev–Trinajstić information content (AvgIpc) is 2.53. The van der Waals surface area contributed by atoms with Crippen molar-refractivity contribution in [2.45, 2.75) is 6.92 Å². The Morgan fingerprint density at radius 1 is 1.67 bits per heavy atom. The molecular formula is C7H5NO4. The van der Waals surface area contributed by atoms with Crippen molar-refractivity contribution < 1.29 is 18.8 Å². The summed E-state index contributed by atoms with van der Waals surface area (Å²) in [5.74, 6) is -1.08. The van der Waals surface area contributed by atoms with Crippen molar-refractivity contribution in [3.8, 4) is 0 Å². The topological polar surface area (TPSA) is 76.5 Å². The molecule has 0 atom stereocenters. The summed E-state index contributed by atoms with van der Waals surface area (Å²) in [6, 6.07) is 1.39. The summed E-state index contributed by atoms with van der Waals surface area (Å²) >= 11 is 0. The maximum atomic E-state index is 10.4. The molecule has 0 saturated heterocycles. The third kappa shape index (κ3) is 0.795. The van der Waals surface area contributed by atoms with E-state index in [0.717, 1.165) is 0 Å². The maximum Gasteiger partial charge on any atom is 0.371 e. The number of furan rings is 1. The van der Waals surface area contributed by atoms with E-state index in [2.05, 4.69) is 5.16 Å². The van der Waals surface area contributed by atoms with Gasteiger partial charge < -0.3 is 14.0 Å². The summed E-state index contributed by atoms with van der Waals surface area (Å²) in [5, 5.41) is 12.7. The van der Waals surface area contributed by atoms with E-state index in [-0.39, 0.29) is 11.5 Å². The van der Waals surface area contributed by atoms with Crippen LogP contribution in [0.5, 0.6) is 0 Å². The Balaban J connectivity index is 2.70. The third-order valence-corrected chi connectivity index (χ3v) is 1.56. The number of aryl methyl sites for hydroxylation is 1. The van der Waals surface area contributed by atoms with Crippen molar-refractivity contribution in [2.24, 2.45) is 0 Å². The first-order valence-electron chi connectivity index (χ1n) is 3.27. The van der Waals surface area contributed by atoms with Gasteiger partial charge in [-0.25, -0.2) is 4.79 Å². The van der Waals surface area contributed by atoms with Gasteiger partial charge in [0, 0.05) is 6.07 Å². The van der Waals surface area contributed by atoms with E-state index < -0.39 is 5.97 Å². The molecule has 0 aliphatic rings. The highest BCUT2D eigenvalue weighted by Crippen LogP contribution is 2.21. The number of rotatable bonds is 1. The van der Waals surface area contributed by atoms with Crippen molar-refractivity contribution in [3.63, 3.8) is 0 Å². The predicted octanol–water partition coefficient (Wildman–Crippen LogP) is 1.43. The number of fused-ring (bicyclic) bond motifs is 1. The number of hydrogen-bond donors (Lipinski definition) is 1. The van der Waals surface area contributed by atoms with Crippen LogP contribution in [0.2, 0.25) is 0 Å². The number of nitrogens with zero attached hydrogens (tertiary/aromatic N) is 1. The lowest BCUT2D eigenvalue weighted by molar-refractivity contribution is 0.0662. The predicted molar refractivity (Wildman–Crippen MR) is 38.0 cm³/mol. The van der Waals surface area contributed by atoms with Crippen LogP contribution in [0, 0.1) is 6.92 Å². The zero-order valence-corrected chi connectivity index (χ0v) is 6.20. The largest absolute Gasteiger partial charge is 0.475 e. The Bertz CT molecular complexity index is 439. The quantitative estimate of drug-likeness (QED) is 0.695.